The van der Waals surface area contributed by atoms with E-state index in [0.717, 1.165) is 43.0 Å². The van der Waals surface area contributed by atoms with Crippen molar-refractivity contribution in [3.05, 3.63) is 12.5 Å². The molecule has 1 N–H and O–H groups in total. The average Bonchev–Trinajstić information content (AvgIpc) is 2.97. The molecule has 0 bridgehead atoms. The Bertz CT molecular complexity index is 694. The third-order valence-electron chi connectivity index (χ3n) is 4.18. The Morgan fingerprint density at radius 3 is 2.83 bits per heavy atom. The smallest absolute Gasteiger partial charge is 0.234 e. The molecule has 2 aromatic rings. The van der Waals surface area contributed by atoms with Gasteiger partial charge in [-0.1, -0.05) is 0 Å². The molecule has 1 aliphatic rings. The molecule has 1 aliphatic heterocycles. The molecule has 0 saturated carbocycles. The minimum Gasteiger partial charge on any atom is -0.383 e. The second-order valence-corrected chi connectivity index (χ2v) is 5.81. The van der Waals surface area contributed by atoms with Gasteiger partial charge >= 0.3 is 0 Å². The third kappa shape index (κ3) is 3.62. The van der Waals surface area contributed by atoms with Crippen molar-refractivity contribution in [3.8, 4) is 0 Å². The van der Waals surface area contributed by atoms with Crippen molar-refractivity contribution in [1.82, 2.24) is 30.0 Å². The quantitative estimate of drug-likeness (QED) is 0.696. The van der Waals surface area contributed by atoms with Gasteiger partial charge < -0.3 is 15.0 Å². The van der Waals surface area contributed by atoms with E-state index in [2.05, 4.69) is 30.2 Å². The van der Waals surface area contributed by atoms with E-state index >= 15 is 0 Å². The SMILES string of the molecule is COCCNC(=O)CN1CCN(c2ncnc3c2cnn3C)CC1. The van der Waals surface area contributed by atoms with Crippen LogP contribution in [0.3, 0.4) is 0 Å². The lowest BCUT2D eigenvalue weighted by molar-refractivity contribution is -0.122. The number of piperazine rings is 1. The van der Waals surface area contributed by atoms with Crippen LogP contribution in [0.15, 0.2) is 12.5 Å². The molecule has 3 rings (SSSR count). The molecule has 2 aromatic heterocycles. The molecule has 9 nitrogen and oxygen atoms in total. The van der Waals surface area contributed by atoms with Gasteiger partial charge in [-0.05, 0) is 0 Å². The van der Waals surface area contributed by atoms with Gasteiger partial charge in [0.15, 0.2) is 5.65 Å². The Hall–Kier alpha value is -2.26. The number of nitrogens with zero attached hydrogens (tertiary/aromatic N) is 6. The molecule has 130 valence electrons. The number of hydrogen-bond acceptors (Lipinski definition) is 7. The van der Waals surface area contributed by atoms with E-state index in [1.807, 2.05) is 7.05 Å². The summed E-state index contributed by atoms with van der Waals surface area (Å²) in [7, 11) is 3.50. The summed E-state index contributed by atoms with van der Waals surface area (Å²) in [6.07, 6.45) is 3.38. The molecule has 0 spiro atoms. The first-order chi connectivity index (χ1) is 11.7. The fraction of sp³-hybridized carbons (Fsp3) is 0.600. The molecule has 3 heterocycles. The van der Waals surface area contributed by atoms with Crippen molar-refractivity contribution < 1.29 is 9.53 Å². The zero-order chi connectivity index (χ0) is 16.9. The predicted molar refractivity (Wildman–Crippen MR) is 89.8 cm³/mol. The van der Waals surface area contributed by atoms with Crippen molar-refractivity contribution in [2.24, 2.45) is 7.05 Å². The number of anilines is 1. The number of hydrogen-bond donors (Lipinski definition) is 1. The van der Waals surface area contributed by atoms with Gasteiger partial charge in [0.25, 0.3) is 0 Å². The maximum atomic E-state index is 11.9. The molecular weight excluding hydrogens is 310 g/mol. The summed E-state index contributed by atoms with van der Waals surface area (Å²) >= 11 is 0. The number of aromatic nitrogens is 4. The second kappa shape index (κ2) is 7.54. The summed E-state index contributed by atoms with van der Waals surface area (Å²) in [6.45, 7) is 4.80. The second-order valence-electron chi connectivity index (χ2n) is 5.81. The Balaban J connectivity index is 1.56. The number of carbonyl (C=O) groups is 1. The van der Waals surface area contributed by atoms with E-state index in [1.54, 1.807) is 24.3 Å². The number of fused-ring (bicyclic) bond motifs is 1. The fourth-order valence-corrected chi connectivity index (χ4v) is 2.87. The monoisotopic (exact) mass is 333 g/mol. The average molecular weight is 333 g/mol. The first kappa shape index (κ1) is 16.6. The number of carbonyl (C=O) groups excluding carboxylic acids is 1. The zero-order valence-corrected chi connectivity index (χ0v) is 14.1. The summed E-state index contributed by atoms with van der Waals surface area (Å²) in [6, 6.07) is 0. The lowest BCUT2D eigenvalue weighted by Gasteiger charge is -2.35. The van der Waals surface area contributed by atoms with E-state index < -0.39 is 0 Å². The van der Waals surface area contributed by atoms with Crippen LogP contribution in [-0.2, 0) is 16.6 Å². The van der Waals surface area contributed by atoms with Crippen LogP contribution in [-0.4, -0.2) is 83.5 Å². The molecule has 0 aromatic carbocycles. The standard InChI is InChI=1S/C15H23N7O2/c1-20-14-12(9-19-20)15(18-11-17-14)22-6-4-21(5-7-22)10-13(23)16-3-8-24-2/h9,11H,3-8,10H2,1-2H3,(H,16,23). The zero-order valence-electron chi connectivity index (χ0n) is 14.1. The van der Waals surface area contributed by atoms with E-state index in [1.165, 1.54) is 0 Å². The Morgan fingerprint density at radius 1 is 1.29 bits per heavy atom. The maximum Gasteiger partial charge on any atom is 0.234 e. The molecule has 24 heavy (non-hydrogen) atoms. The van der Waals surface area contributed by atoms with Crippen LogP contribution < -0.4 is 10.2 Å². The van der Waals surface area contributed by atoms with Gasteiger partial charge in [-0.3, -0.25) is 14.4 Å². The summed E-state index contributed by atoms with van der Waals surface area (Å²) in [5.41, 5.74) is 0.833. The maximum absolute atomic E-state index is 11.9. The van der Waals surface area contributed by atoms with Crippen LogP contribution in [0.2, 0.25) is 0 Å². The van der Waals surface area contributed by atoms with Gasteiger partial charge in [0.1, 0.15) is 12.1 Å². The van der Waals surface area contributed by atoms with Crippen molar-refractivity contribution in [3.63, 3.8) is 0 Å². The summed E-state index contributed by atoms with van der Waals surface area (Å²) in [5, 5.41) is 8.07. The normalized spacial score (nSPS) is 15.8. The van der Waals surface area contributed by atoms with Crippen LogP contribution in [0.5, 0.6) is 0 Å². The Kier molecular flexibility index (Phi) is 5.21. The van der Waals surface area contributed by atoms with Gasteiger partial charge in [-0.25, -0.2) is 9.97 Å². The molecule has 0 aliphatic carbocycles. The summed E-state index contributed by atoms with van der Waals surface area (Å²) in [4.78, 5) is 24.9. The topological polar surface area (TPSA) is 88.4 Å². The van der Waals surface area contributed by atoms with Crippen molar-refractivity contribution >= 4 is 22.8 Å². The first-order valence-electron chi connectivity index (χ1n) is 8.04. The largest absolute Gasteiger partial charge is 0.383 e. The predicted octanol–water partition coefficient (Wildman–Crippen LogP) is -0.752. The minimum absolute atomic E-state index is 0.0391. The number of methoxy groups -OCH3 is 1. The van der Waals surface area contributed by atoms with E-state index in [4.69, 9.17) is 4.74 Å². The van der Waals surface area contributed by atoms with Gasteiger partial charge in [0.05, 0.1) is 24.7 Å². The van der Waals surface area contributed by atoms with Crippen LogP contribution >= 0.6 is 0 Å². The molecule has 0 unspecified atom stereocenters. The molecule has 0 radical (unpaired) electrons. The minimum atomic E-state index is 0.0391. The van der Waals surface area contributed by atoms with E-state index in [-0.39, 0.29) is 5.91 Å². The fourth-order valence-electron chi connectivity index (χ4n) is 2.87. The van der Waals surface area contributed by atoms with Crippen molar-refractivity contribution in [2.75, 3.05) is 57.9 Å². The van der Waals surface area contributed by atoms with Gasteiger partial charge in [-0.15, -0.1) is 0 Å². The number of amides is 1. The number of nitrogens with one attached hydrogen (secondary N) is 1. The highest BCUT2D eigenvalue weighted by Crippen LogP contribution is 2.22. The number of aryl methyl sites for hydroxylation is 1. The molecule has 9 heteroatoms. The summed E-state index contributed by atoms with van der Waals surface area (Å²) in [5.74, 6) is 0.953. The van der Waals surface area contributed by atoms with E-state index in [9.17, 15) is 4.79 Å². The highest BCUT2D eigenvalue weighted by atomic mass is 16.5. The first-order valence-corrected chi connectivity index (χ1v) is 8.04. The summed E-state index contributed by atoms with van der Waals surface area (Å²) < 4.78 is 6.68. The van der Waals surface area contributed by atoms with Gasteiger partial charge in [-0.2, -0.15) is 5.10 Å². The van der Waals surface area contributed by atoms with Gasteiger partial charge in [0, 0.05) is 46.9 Å². The van der Waals surface area contributed by atoms with Crippen molar-refractivity contribution in [1.29, 1.82) is 0 Å². The van der Waals surface area contributed by atoms with E-state index in [0.29, 0.717) is 19.7 Å². The van der Waals surface area contributed by atoms with Gasteiger partial charge in [0.2, 0.25) is 5.91 Å². The molecular formula is C15H23N7O2. The lowest BCUT2D eigenvalue weighted by atomic mass is 10.2. The Morgan fingerprint density at radius 2 is 2.08 bits per heavy atom. The lowest BCUT2D eigenvalue weighted by Crippen LogP contribution is -2.50. The number of ether oxygens (including phenoxy) is 1. The third-order valence-corrected chi connectivity index (χ3v) is 4.18. The van der Waals surface area contributed by atoms with Crippen LogP contribution in [0.1, 0.15) is 0 Å². The Labute approximate surface area is 140 Å². The van der Waals surface area contributed by atoms with Crippen LogP contribution in [0.25, 0.3) is 11.0 Å². The molecule has 1 saturated heterocycles. The highest BCUT2D eigenvalue weighted by molar-refractivity contribution is 5.86. The molecule has 0 atom stereocenters. The van der Waals surface area contributed by atoms with Crippen LogP contribution in [0.4, 0.5) is 5.82 Å². The number of rotatable bonds is 6. The molecule has 1 fully saturated rings. The molecule has 1 amide bonds. The van der Waals surface area contributed by atoms with Crippen LogP contribution in [0, 0.1) is 0 Å². The van der Waals surface area contributed by atoms with Crippen molar-refractivity contribution in [2.45, 2.75) is 0 Å². The highest BCUT2D eigenvalue weighted by Gasteiger charge is 2.22.